The predicted molar refractivity (Wildman–Crippen MR) is 141 cm³/mol. The molecule has 0 spiro atoms. The maximum Gasteiger partial charge on any atom is 0.254 e. The molecule has 1 heterocycles. The number of benzene rings is 2. The van der Waals surface area contributed by atoms with Gasteiger partial charge in [0.1, 0.15) is 6.04 Å². The van der Waals surface area contributed by atoms with Crippen LogP contribution in [-0.4, -0.2) is 63.4 Å². The van der Waals surface area contributed by atoms with Gasteiger partial charge in [-0.15, -0.1) is 11.6 Å². The van der Waals surface area contributed by atoms with E-state index in [9.17, 15) is 19.5 Å². The van der Waals surface area contributed by atoms with Crippen molar-refractivity contribution in [2.75, 3.05) is 12.3 Å². The van der Waals surface area contributed by atoms with Gasteiger partial charge in [-0.05, 0) is 63.8 Å². The number of hydrogen-bond donors (Lipinski definition) is 4. The van der Waals surface area contributed by atoms with Crippen LogP contribution in [0.15, 0.2) is 48.5 Å². The number of amides is 3. The van der Waals surface area contributed by atoms with Gasteiger partial charge in [-0.3, -0.25) is 14.4 Å². The number of rotatable bonds is 7. The van der Waals surface area contributed by atoms with Crippen molar-refractivity contribution in [1.82, 2.24) is 15.5 Å². The lowest BCUT2D eigenvalue weighted by Crippen LogP contribution is -2.57. The fourth-order valence-corrected chi connectivity index (χ4v) is 4.64. The molecule has 1 aliphatic rings. The Bertz CT molecular complexity index is 1100. The Morgan fingerprint density at radius 3 is 2.44 bits per heavy atom. The first-order valence-electron chi connectivity index (χ1n) is 12.0. The first kappa shape index (κ1) is 27.5. The summed E-state index contributed by atoms with van der Waals surface area (Å²) in [5, 5.41) is 16.5. The summed E-state index contributed by atoms with van der Waals surface area (Å²) in [4.78, 5) is 40.9. The van der Waals surface area contributed by atoms with Gasteiger partial charge in [-0.25, -0.2) is 0 Å². The van der Waals surface area contributed by atoms with E-state index in [-0.39, 0.29) is 25.3 Å². The second-order valence-electron chi connectivity index (χ2n) is 10.3. The van der Waals surface area contributed by atoms with Crippen LogP contribution >= 0.6 is 11.6 Å². The van der Waals surface area contributed by atoms with Crippen molar-refractivity contribution in [1.29, 1.82) is 0 Å². The summed E-state index contributed by atoms with van der Waals surface area (Å²) in [6.45, 7) is 7.41. The number of hydrogen-bond acceptors (Lipinski definition) is 5. The number of aliphatic hydroxyl groups is 1. The Hall–Kier alpha value is -3.10. The molecule has 2 aromatic carbocycles. The minimum absolute atomic E-state index is 0.125. The van der Waals surface area contributed by atoms with Gasteiger partial charge in [0.25, 0.3) is 11.8 Å². The largest absolute Gasteiger partial charge is 0.398 e. The van der Waals surface area contributed by atoms with Crippen LogP contribution in [-0.2, 0) is 16.0 Å². The van der Waals surface area contributed by atoms with Crippen molar-refractivity contribution in [3.63, 3.8) is 0 Å². The van der Waals surface area contributed by atoms with Crippen LogP contribution in [0, 0.1) is 6.92 Å². The van der Waals surface area contributed by atoms with Crippen LogP contribution in [0.25, 0.3) is 0 Å². The molecule has 0 unspecified atom stereocenters. The Morgan fingerprint density at radius 2 is 1.81 bits per heavy atom. The molecule has 1 saturated heterocycles. The Kier molecular flexibility index (Phi) is 8.63. The number of halogens is 1. The molecule has 3 rings (SSSR count). The molecule has 194 valence electrons. The van der Waals surface area contributed by atoms with Gasteiger partial charge in [0, 0.05) is 23.3 Å². The molecule has 36 heavy (non-hydrogen) atoms. The van der Waals surface area contributed by atoms with Gasteiger partial charge in [0.05, 0.1) is 11.4 Å². The number of nitrogens with zero attached hydrogens (tertiary/aromatic N) is 1. The number of carbonyl (C=O) groups is 3. The summed E-state index contributed by atoms with van der Waals surface area (Å²) in [5.41, 5.74) is 7.74. The number of anilines is 1. The second kappa shape index (κ2) is 11.3. The number of carbonyl (C=O) groups excluding carboxylic acids is 3. The standard InChI is InChI=1S/C27H35ClN4O4/c1-16-19(11-8-12-20(16)29)24(34)30-21(13-17-9-6-5-7-10-17)23(33)26(36)32-15-18(28)14-22(32)25(35)31-27(2,3)4/h5-12,18,21-23,33H,13-15,29H2,1-4H3,(H,30,34)(H,31,35)/t18-,21-,22-,23-/m0/s1. The molecule has 3 amide bonds. The number of nitrogens with one attached hydrogen (secondary N) is 2. The molecule has 0 saturated carbocycles. The molecular weight excluding hydrogens is 480 g/mol. The fraction of sp³-hybridized carbons (Fsp3) is 0.444. The smallest absolute Gasteiger partial charge is 0.254 e. The minimum Gasteiger partial charge on any atom is -0.398 e. The zero-order valence-corrected chi connectivity index (χ0v) is 21.9. The van der Waals surface area contributed by atoms with Crippen molar-refractivity contribution >= 4 is 35.0 Å². The summed E-state index contributed by atoms with van der Waals surface area (Å²) in [5.74, 6) is -1.44. The normalized spacial score (nSPS) is 19.4. The number of aliphatic hydroxyl groups excluding tert-OH is 1. The van der Waals surface area contributed by atoms with Crippen LogP contribution in [0.4, 0.5) is 5.69 Å². The van der Waals surface area contributed by atoms with Crippen molar-refractivity contribution < 1.29 is 19.5 Å². The van der Waals surface area contributed by atoms with Gasteiger partial charge in [0.15, 0.2) is 6.10 Å². The quantitative estimate of drug-likeness (QED) is 0.333. The maximum atomic E-state index is 13.5. The highest BCUT2D eigenvalue weighted by molar-refractivity contribution is 6.21. The average Bonchev–Trinajstić information content (AvgIpc) is 3.21. The molecule has 1 fully saturated rings. The van der Waals surface area contributed by atoms with Gasteiger partial charge < -0.3 is 26.4 Å². The molecule has 0 radical (unpaired) electrons. The SMILES string of the molecule is Cc1c(N)cccc1C(=O)N[C@@H](Cc1ccccc1)[C@H](O)C(=O)N1C[C@@H](Cl)C[C@H]1C(=O)NC(C)(C)C. The molecule has 8 nitrogen and oxygen atoms in total. The van der Waals surface area contributed by atoms with Crippen LogP contribution < -0.4 is 16.4 Å². The van der Waals surface area contributed by atoms with Crippen LogP contribution in [0.1, 0.15) is 48.7 Å². The number of nitrogens with two attached hydrogens (primary N) is 1. The molecule has 4 atom stereocenters. The molecule has 2 aromatic rings. The highest BCUT2D eigenvalue weighted by Crippen LogP contribution is 2.25. The summed E-state index contributed by atoms with van der Waals surface area (Å²) in [6.07, 6.45) is -1.11. The molecule has 1 aliphatic heterocycles. The Balaban J connectivity index is 1.86. The summed E-state index contributed by atoms with van der Waals surface area (Å²) < 4.78 is 0. The van der Waals surface area contributed by atoms with E-state index in [1.807, 2.05) is 51.1 Å². The lowest BCUT2D eigenvalue weighted by Gasteiger charge is -2.32. The lowest BCUT2D eigenvalue weighted by atomic mass is 9.98. The van der Waals surface area contributed by atoms with E-state index in [0.29, 0.717) is 16.8 Å². The number of alkyl halides is 1. The first-order chi connectivity index (χ1) is 16.9. The lowest BCUT2D eigenvalue weighted by molar-refractivity contribution is -0.146. The predicted octanol–water partition coefficient (Wildman–Crippen LogP) is 2.40. The van der Waals surface area contributed by atoms with Crippen molar-refractivity contribution in [3.8, 4) is 0 Å². The fourth-order valence-electron chi connectivity index (χ4n) is 4.33. The van der Waals surface area contributed by atoms with E-state index in [4.69, 9.17) is 17.3 Å². The van der Waals surface area contributed by atoms with E-state index < -0.39 is 40.9 Å². The monoisotopic (exact) mass is 514 g/mol. The molecule has 0 aromatic heterocycles. The third-order valence-corrected chi connectivity index (χ3v) is 6.52. The van der Waals surface area contributed by atoms with Gasteiger partial charge in [0.2, 0.25) is 5.91 Å². The van der Waals surface area contributed by atoms with Crippen LogP contribution in [0.2, 0.25) is 0 Å². The molecule has 9 heteroatoms. The van der Waals surface area contributed by atoms with Crippen molar-refractivity contribution in [2.45, 2.75) is 69.6 Å². The maximum absolute atomic E-state index is 13.5. The van der Waals surface area contributed by atoms with Gasteiger partial charge in [-0.2, -0.15) is 0 Å². The summed E-state index contributed by atoms with van der Waals surface area (Å²) >= 11 is 6.33. The summed E-state index contributed by atoms with van der Waals surface area (Å²) in [7, 11) is 0. The van der Waals surface area contributed by atoms with E-state index in [1.54, 1.807) is 25.1 Å². The summed E-state index contributed by atoms with van der Waals surface area (Å²) in [6, 6.07) is 12.5. The van der Waals surface area contributed by atoms with E-state index in [0.717, 1.165) is 5.56 Å². The number of likely N-dealkylation sites (tertiary alicyclic amines) is 1. The first-order valence-corrected chi connectivity index (χ1v) is 12.5. The highest BCUT2D eigenvalue weighted by Gasteiger charge is 2.43. The highest BCUT2D eigenvalue weighted by atomic mass is 35.5. The third kappa shape index (κ3) is 6.77. The zero-order valence-electron chi connectivity index (χ0n) is 21.1. The molecule has 0 aliphatic carbocycles. The molecule has 0 bridgehead atoms. The van der Waals surface area contributed by atoms with Crippen LogP contribution in [0.3, 0.4) is 0 Å². The molecule has 5 N–H and O–H groups in total. The average molecular weight is 515 g/mol. The van der Waals surface area contributed by atoms with Crippen LogP contribution in [0.5, 0.6) is 0 Å². The molecular formula is C27H35ClN4O4. The van der Waals surface area contributed by atoms with E-state index in [1.165, 1.54) is 4.90 Å². The Labute approximate surface area is 217 Å². The van der Waals surface area contributed by atoms with E-state index >= 15 is 0 Å². The number of nitrogen functional groups attached to an aromatic ring is 1. The second-order valence-corrected chi connectivity index (χ2v) is 10.9. The van der Waals surface area contributed by atoms with Gasteiger partial charge in [-0.1, -0.05) is 36.4 Å². The minimum atomic E-state index is -1.59. The topological polar surface area (TPSA) is 125 Å². The van der Waals surface area contributed by atoms with Crippen molar-refractivity contribution in [2.24, 2.45) is 0 Å². The van der Waals surface area contributed by atoms with Crippen molar-refractivity contribution in [3.05, 3.63) is 65.2 Å². The van der Waals surface area contributed by atoms with E-state index in [2.05, 4.69) is 10.6 Å². The Morgan fingerprint density at radius 1 is 1.14 bits per heavy atom. The third-order valence-electron chi connectivity index (χ3n) is 6.20. The zero-order chi connectivity index (χ0) is 26.6. The van der Waals surface area contributed by atoms with Gasteiger partial charge >= 0.3 is 0 Å².